The van der Waals surface area contributed by atoms with Crippen molar-refractivity contribution < 1.29 is 28.7 Å². The van der Waals surface area contributed by atoms with Crippen LogP contribution in [0.15, 0.2) is 47.4 Å². The van der Waals surface area contributed by atoms with Gasteiger partial charge in [0.25, 0.3) is 17.4 Å². The summed E-state index contributed by atoms with van der Waals surface area (Å²) in [6, 6.07) is 11.0. The monoisotopic (exact) mass is 942 g/mol. The number of rotatable bonds is 13. The lowest BCUT2D eigenvalue weighted by Gasteiger charge is -2.50. The third-order valence-electron chi connectivity index (χ3n) is 13.8. The maximum Gasteiger partial charge on any atom is 0.293 e. The Morgan fingerprint density at radius 3 is 2.48 bits per heavy atom. The molecule has 350 valence electrons. The number of halogens is 2. The van der Waals surface area contributed by atoms with Crippen LogP contribution in [0.3, 0.4) is 0 Å². The molecule has 4 aliphatic heterocycles. The number of fused-ring (bicyclic) bond motifs is 2. The summed E-state index contributed by atoms with van der Waals surface area (Å²) in [5, 5.41) is 9.90. The standard InChI is InChI=1S/C47H56Cl2N10O7/c1-5-29-23-56(16-17-57(29)37-9-7-33-34(42(37)49)24-58(45(33)63)38-10-11-40(60)53-44(38)62)30-20-32(21-30)66-31-12-14-55(15-13-31)47-51-22-35(48)43(54-47)52-28-6-8-36-27(18-28)19-39(65-25-41(61)50-4)46(64)59(36)26(2)3/h6-9,18-19,22,26,29-32,38H,5,10-17,20-21,23-25H2,1-4H3,(H,50,61)(H,51,52,54)(H,53,60,62)/t29-,30?,32?,38-/m1/s1. The number of likely N-dealkylation sites (N-methyl/N-ethyl adjacent to an activating group) is 1. The van der Waals surface area contributed by atoms with Gasteiger partial charge in [-0.15, -0.1) is 0 Å². The molecule has 19 heteroatoms. The van der Waals surface area contributed by atoms with Crippen LogP contribution in [0.4, 0.5) is 23.1 Å². The second kappa shape index (κ2) is 19.0. The maximum atomic E-state index is 13.4. The highest BCUT2D eigenvalue weighted by atomic mass is 35.5. The summed E-state index contributed by atoms with van der Waals surface area (Å²) in [6.45, 7) is 10.2. The minimum atomic E-state index is -0.681. The van der Waals surface area contributed by atoms with E-state index in [0.717, 1.165) is 87.0 Å². The predicted molar refractivity (Wildman–Crippen MR) is 252 cm³/mol. The summed E-state index contributed by atoms with van der Waals surface area (Å²) in [6.07, 6.45) is 7.16. The van der Waals surface area contributed by atoms with E-state index in [1.165, 1.54) is 7.05 Å². The van der Waals surface area contributed by atoms with E-state index in [2.05, 4.69) is 42.6 Å². The van der Waals surface area contributed by atoms with Crippen LogP contribution in [0.1, 0.15) is 87.7 Å². The van der Waals surface area contributed by atoms with E-state index in [0.29, 0.717) is 45.5 Å². The zero-order chi connectivity index (χ0) is 46.4. The van der Waals surface area contributed by atoms with E-state index < -0.39 is 11.9 Å². The number of nitrogens with zero attached hydrogens (tertiary/aromatic N) is 7. The molecule has 1 saturated carbocycles. The van der Waals surface area contributed by atoms with Crippen LogP contribution < -0.4 is 36.0 Å². The van der Waals surface area contributed by atoms with E-state index in [1.54, 1.807) is 21.7 Å². The summed E-state index contributed by atoms with van der Waals surface area (Å²) in [4.78, 5) is 80.9. The van der Waals surface area contributed by atoms with Gasteiger partial charge in [0.05, 0.1) is 34.6 Å². The molecule has 4 aromatic rings. The molecule has 4 fully saturated rings. The normalized spacial score (nSPS) is 22.7. The number of piperidine rings is 2. The first-order valence-corrected chi connectivity index (χ1v) is 23.7. The number of hydrogen-bond donors (Lipinski definition) is 3. The van der Waals surface area contributed by atoms with Crippen LogP contribution in [-0.4, -0.2) is 125 Å². The van der Waals surface area contributed by atoms with Crippen molar-refractivity contribution >= 4 is 80.9 Å². The number of carbonyl (C=O) groups excluding carboxylic acids is 4. The fourth-order valence-corrected chi connectivity index (χ4v) is 10.5. The summed E-state index contributed by atoms with van der Waals surface area (Å²) in [5.41, 5.74) is 3.33. The number of amides is 4. The number of anilines is 4. The molecule has 3 N–H and O–H groups in total. The van der Waals surface area contributed by atoms with E-state index in [4.69, 9.17) is 37.7 Å². The van der Waals surface area contributed by atoms with Crippen molar-refractivity contribution in [3.8, 4) is 5.75 Å². The Bertz CT molecular complexity index is 2610. The first-order valence-electron chi connectivity index (χ1n) is 23.0. The molecule has 0 unspecified atom stereocenters. The molecule has 0 bridgehead atoms. The Morgan fingerprint density at radius 1 is 0.970 bits per heavy atom. The molecule has 4 amide bonds. The topological polar surface area (TPSA) is 184 Å². The SMILES string of the molecule is CC[C@@H]1CN(C2CC(OC3CCN(c4ncc(Cl)c(Nc5ccc6c(c5)cc(OCC(=O)NC)c(=O)n6C(C)C)n4)CC3)C2)CCN1c1ccc2c(c1Cl)CN([C@@H]1CCC(=O)NC1=O)C2=O. The van der Waals surface area contributed by atoms with E-state index in [9.17, 15) is 24.0 Å². The van der Waals surface area contributed by atoms with Crippen molar-refractivity contribution in [3.63, 3.8) is 0 Å². The van der Waals surface area contributed by atoms with Gasteiger partial charge < -0.3 is 39.4 Å². The van der Waals surface area contributed by atoms with Crippen LogP contribution in [-0.2, 0) is 25.7 Å². The molecule has 6 heterocycles. The summed E-state index contributed by atoms with van der Waals surface area (Å²) >= 11 is 13.7. The van der Waals surface area contributed by atoms with Gasteiger partial charge in [0.2, 0.25) is 17.8 Å². The Balaban J connectivity index is 0.765. The smallest absolute Gasteiger partial charge is 0.293 e. The van der Waals surface area contributed by atoms with Gasteiger partial charge in [0.15, 0.2) is 18.2 Å². The van der Waals surface area contributed by atoms with Gasteiger partial charge in [-0.05, 0) is 88.8 Å². The number of hydrogen-bond acceptors (Lipinski definition) is 13. The van der Waals surface area contributed by atoms with Gasteiger partial charge in [-0.25, -0.2) is 4.98 Å². The Labute approximate surface area is 393 Å². The minimum absolute atomic E-state index is 0.0905. The molecule has 2 atom stereocenters. The van der Waals surface area contributed by atoms with Crippen molar-refractivity contribution in [2.24, 2.45) is 0 Å². The lowest BCUT2D eigenvalue weighted by molar-refractivity contribution is -0.137. The van der Waals surface area contributed by atoms with Crippen molar-refractivity contribution in [1.82, 2.24) is 35.0 Å². The second-order valence-corrected chi connectivity index (χ2v) is 18.9. The van der Waals surface area contributed by atoms with Gasteiger partial charge in [-0.3, -0.25) is 34.2 Å². The van der Waals surface area contributed by atoms with Gasteiger partial charge in [-0.1, -0.05) is 30.1 Å². The quantitative estimate of drug-likeness (QED) is 0.145. The van der Waals surface area contributed by atoms with Gasteiger partial charge in [0.1, 0.15) is 11.1 Å². The summed E-state index contributed by atoms with van der Waals surface area (Å²) in [5.74, 6) is -0.163. The summed E-state index contributed by atoms with van der Waals surface area (Å²) in [7, 11) is 1.51. The molecular formula is C47H56Cl2N10O7. The lowest BCUT2D eigenvalue weighted by Crippen LogP contribution is -2.59. The highest BCUT2D eigenvalue weighted by Crippen LogP contribution is 2.41. The van der Waals surface area contributed by atoms with Crippen LogP contribution in [0.2, 0.25) is 10.0 Å². The number of carbonyl (C=O) groups is 4. The molecule has 9 rings (SSSR count). The molecule has 2 aromatic carbocycles. The molecule has 2 aromatic heterocycles. The van der Waals surface area contributed by atoms with Crippen LogP contribution in [0, 0.1) is 0 Å². The Hall–Kier alpha value is -5.49. The molecule has 5 aliphatic rings. The zero-order valence-electron chi connectivity index (χ0n) is 37.6. The Morgan fingerprint density at radius 2 is 1.76 bits per heavy atom. The average Bonchev–Trinajstić information content (AvgIpc) is 3.63. The Kier molecular flexibility index (Phi) is 13.2. The number of aromatic nitrogens is 3. The van der Waals surface area contributed by atoms with Crippen LogP contribution in [0.25, 0.3) is 10.9 Å². The van der Waals surface area contributed by atoms with E-state index in [1.807, 2.05) is 44.2 Å². The van der Waals surface area contributed by atoms with E-state index >= 15 is 0 Å². The summed E-state index contributed by atoms with van der Waals surface area (Å²) < 4.78 is 13.9. The lowest BCUT2D eigenvalue weighted by atomic mass is 9.86. The molecule has 3 saturated heterocycles. The number of piperazine rings is 1. The molecular weight excluding hydrogens is 887 g/mol. The van der Waals surface area contributed by atoms with Gasteiger partial charge in [-0.2, -0.15) is 4.98 Å². The van der Waals surface area contributed by atoms with Gasteiger partial charge in [0, 0.05) is 93.1 Å². The van der Waals surface area contributed by atoms with Crippen LogP contribution >= 0.6 is 23.2 Å². The number of imide groups is 1. The maximum absolute atomic E-state index is 13.4. The largest absolute Gasteiger partial charge is 0.478 e. The van der Waals surface area contributed by atoms with Crippen molar-refractivity contribution in [2.45, 2.75) is 109 Å². The molecule has 0 radical (unpaired) electrons. The van der Waals surface area contributed by atoms with Crippen molar-refractivity contribution in [3.05, 3.63) is 74.1 Å². The molecule has 66 heavy (non-hydrogen) atoms. The van der Waals surface area contributed by atoms with E-state index in [-0.39, 0.29) is 72.9 Å². The third-order valence-corrected chi connectivity index (χ3v) is 14.5. The highest BCUT2D eigenvalue weighted by molar-refractivity contribution is 6.35. The number of nitrogens with one attached hydrogen (secondary N) is 3. The highest BCUT2D eigenvalue weighted by Gasteiger charge is 2.43. The second-order valence-electron chi connectivity index (χ2n) is 18.1. The average molecular weight is 944 g/mol. The predicted octanol–water partition coefficient (Wildman–Crippen LogP) is 5.43. The first kappa shape index (κ1) is 45.7. The molecule has 0 spiro atoms. The molecule has 1 aliphatic carbocycles. The van der Waals surface area contributed by atoms with Crippen LogP contribution in [0.5, 0.6) is 5.75 Å². The number of benzene rings is 2. The minimum Gasteiger partial charge on any atom is -0.478 e. The number of ether oxygens (including phenoxy) is 2. The van der Waals surface area contributed by atoms with Crippen molar-refractivity contribution in [1.29, 1.82) is 0 Å². The number of pyridine rings is 1. The molecule has 17 nitrogen and oxygen atoms in total. The third kappa shape index (κ3) is 9.02. The fraction of sp³-hybridized carbons (Fsp3) is 0.511. The zero-order valence-corrected chi connectivity index (χ0v) is 39.2. The van der Waals surface area contributed by atoms with Crippen molar-refractivity contribution in [2.75, 3.05) is 61.5 Å². The first-order chi connectivity index (χ1) is 31.8. The fourth-order valence-electron chi connectivity index (χ4n) is 10.1. The van der Waals surface area contributed by atoms with Gasteiger partial charge >= 0.3 is 0 Å².